The minimum Gasteiger partial charge on any atom is -0.381 e. The number of para-hydroxylation sites is 1. The zero-order valence-electron chi connectivity index (χ0n) is 19.2. The maximum Gasteiger partial charge on any atom is 0.247 e. The standard InChI is InChI=1S/C26H32N2O4S/c1-19(29)33-18-26(15-13-22(32-2)14-16-26)25(31)28-23(17-20-9-5-3-6-10-20)24(30)27-21-11-7-4-8-12-21/h3-12,22-23H,13-18H2,1-2H3,(H,27,30)(H,28,31)/t22?,23-,26?/m0/s1. The van der Waals surface area contributed by atoms with Crippen molar-refractivity contribution in [3.63, 3.8) is 0 Å². The van der Waals surface area contributed by atoms with Crippen molar-refractivity contribution in [3.8, 4) is 0 Å². The molecule has 33 heavy (non-hydrogen) atoms. The zero-order valence-corrected chi connectivity index (χ0v) is 20.0. The summed E-state index contributed by atoms with van der Waals surface area (Å²) >= 11 is 1.17. The molecule has 2 amide bonds. The van der Waals surface area contributed by atoms with Crippen molar-refractivity contribution in [3.05, 3.63) is 66.2 Å². The van der Waals surface area contributed by atoms with Crippen molar-refractivity contribution in [1.29, 1.82) is 0 Å². The number of amides is 2. The minimum atomic E-state index is -0.737. The summed E-state index contributed by atoms with van der Waals surface area (Å²) in [5.41, 5.74) is 0.936. The molecule has 0 aromatic heterocycles. The van der Waals surface area contributed by atoms with Crippen LogP contribution in [0, 0.1) is 5.41 Å². The SMILES string of the molecule is COC1CCC(CSC(C)=O)(C(=O)N[C@@H](Cc2ccccc2)C(=O)Nc2ccccc2)CC1. The van der Waals surface area contributed by atoms with E-state index in [0.717, 1.165) is 18.4 Å². The number of hydrogen-bond donors (Lipinski definition) is 2. The van der Waals surface area contributed by atoms with Crippen molar-refractivity contribution < 1.29 is 19.1 Å². The van der Waals surface area contributed by atoms with Crippen LogP contribution in [0.3, 0.4) is 0 Å². The fourth-order valence-electron chi connectivity index (χ4n) is 4.18. The Hall–Kier alpha value is -2.64. The molecule has 6 nitrogen and oxygen atoms in total. The van der Waals surface area contributed by atoms with Gasteiger partial charge in [-0.15, -0.1) is 0 Å². The number of anilines is 1. The number of methoxy groups -OCH3 is 1. The lowest BCUT2D eigenvalue weighted by Crippen LogP contribution is -2.53. The highest BCUT2D eigenvalue weighted by atomic mass is 32.2. The molecule has 1 aliphatic rings. The number of benzene rings is 2. The Bertz CT molecular complexity index is 928. The van der Waals surface area contributed by atoms with Crippen LogP contribution < -0.4 is 10.6 Å². The molecule has 0 radical (unpaired) electrons. The third-order valence-corrected chi connectivity index (χ3v) is 7.31. The Balaban J connectivity index is 1.79. The van der Waals surface area contributed by atoms with E-state index >= 15 is 0 Å². The van der Waals surface area contributed by atoms with Gasteiger partial charge in [-0.3, -0.25) is 14.4 Å². The molecule has 0 bridgehead atoms. The van der Waals surface area contributed by atoms with Crippen LogP contribution in [-0.4, -0.2) is 41.9 Å². The second kappa shape index (κ2) is 12.0. The van der Waals surface area contributed by atoms with Crippen LogP contribution >= 0.6 is 11.8 Å². The third kappa shape index (κ3) is 7.17. The van der Waals surface area contributed by atoms with Gasteiger partial charge in [0.2, 0.25) is 11.8 Å². The van der Waals surface area contributed by atoms with E-state index in [4.69, 9.17) is 4.74 Å². The molecular formula is C26H32N2O4S. The van der Waals surface area contributed by atoms with E-state index in [-0.39, 0.29) is 23.0 Å². The van der Waals surface area contributed by atoms with Gasteiger partial charge in [0.05, 0.1) is 11.5 Å². The lowest BCUT2D eigenvalue weighted by atomic mass is 9.73. The molecule has 2 aromatic rings. The second-order valence-corrected chi connectivity index (χ2v) is 9.72. The number of carbonyl (C=O) groups excluding carboxylic acids is 3. The predicted molar refractivity (Wildman–Crippen MR) is 132 cm³/mol. The van der Waals surface area contributed by atoms with E-state index in [1.54, 1.807) is 7.11 Å². The molecule has 7 heteroatoms. The van der Waals surface area contributed by atoms with Gasteiger partial charge in [-0.25, -0.2) is 0 Å². The Morgan fingerprint density at radius 2 is 1.64 bits per heavy atom. The van der Waals surface area contributed by atoms with Gasteiger partial charge in [0.25, 0.3) is 0 Å². The molecule has 0 unspecified atom stereocenters. The van der Waals surface area contributed by atoms with Crippen LogP contribution in [0.1, 0.15) is 38.2 Å². The normalized spacial score (nSPS) is 21.1. The summed E-state index contributed by atoms with van der Waals surface area (Å²) < 4.78 is 5.48. The van der Waals surface area contributed by atoms with Gasteiger partial charge in [-0.2, -0.15) is 0 Å². The van der Waals surface area contributed by atoms with Gasteiger partial charge >= 0.3 is 0 Å². The lowest BCUT2D eigenvalue weighted by Gasteiger charge is -2.39. The summed E-state index contributed by atoms with van der Waals surface area (Å²) in [5, 5.41) is 5.94. The van der Waals surface area contributed by atoms with Gasteiger partial charge in [-0.05, 0) is 43.4 Å². The molecular weight excluding hydrogens is 436 g/mol. The number of ether oxygens (including phenoxy) is 1. The van der Waals surface area contributed by atoms with Gasteiger partial charge in [0.15, 0.2) is 5.12 Å². The highest BCUT2D eigenvalue weighted by Gasteiger charge is 2.43. The monoisotopic (exact) mass is 468 g/mol. The first-order chi connectivity index (χ1) is 15.9. The molecule has 0 saturated heterocycles. The topological polar surface area (TPSA) is 84.5 Å². The maximum atomic E-state index is 13.6. The molecule has 0 aliphatic heterocycles. The molecule has 1 aliphatic carbocycles. The summed E-state index contributed by atoms with van der Waals surface area (Å²) in [6, 6.07) is 18.1. The molecule has 2 aromatic carbocycles. The summed E-state index contributed by atoms with van der Waals surface area (Å²) in [7, 11) is 1.69. The summed E-state index contributed by atoms with van der Waals surface area (Å²) in [6.45, 7) is 1.52. The Labute approximate surface area is 199 Å². The largest absolute Gasteiger partial charge is 0.381 e. The van der Waals surface area contributed by atoms with E-state index in [9.17, 15) is 14.4 Å². The average Bonchev–Trinajstić information content (AvgIpc) is 2.83. The summed E-state index contributed by atoms with van der Waals surface area (Å²) in [6.07, 6.45) is 3.24. The maximum absolute atomic E-state index is 13.6. The van der Waals surface area contributed by atoms with E-state index in [1.807, 2.05) is 60.7 Å². The smallest absolute Gasteiger partial charge is 0.247 e. The Morgan fingerprint density at radius 3 is 2.21 bits per heavy atom. The molecule has 1 fully saturated rings. The number of rotatable bonds is 9. The molecule has 1 saturated carbocycles. The Kier molecular flexibility index (Phi) is 9.09. The highest BCUT2D eigenvalue weighted by molar-refractivity contribution is 8.13. The Morgan fingerprint density at radius 1 is 1.03 bits per heavy atom. The van der Waals surface area contributed by atoms with Gasteiger partial charge < -0.3 is 15.4 Å². The van der Waals surface area contributed by atoms with Crippen molar-refractivity contribution in [1.82, 2.24) is 5.32 Å². The minimum absolute atomic E-state index is 0.0151. The van der Waals surface area contributed by atoms with Crippen molar-refractivity contribution in [2.24, 2.45) is 5.41 Å². The molecule has 176 valence electrons. The first kappa shape index (κ1) is 25.0. The van der Waals surface area contributed by atoms with Crippen LogP contribution in [0.15, 0.2) is 60.7 Å². The van der Waals surface area contributed by atoms with Crippen LogP contribution in [-0.2, 0) is 25.5 Å². The quantitative estimate of drug-likeness (QED) is 0.576. The fraction of sp³-hybridized carbons (Fsp3) is 0.423. The van der Waals surface area contributed by atoms with Gasteiger partial charge in [0.1, 0.15) is 6.04 Å². The summed E-state index contributed by atoms with van der Waals surface area (Å²) in [4.78, 5) is 38.5. The first-order valence-corrected chi connectivity index (χ1v) is 12.3. The zero-order chi connectivity index (χ0) is 23.7. The fourth-order valence-corrected chi connectivity index (χ4v) is 5.08. The average molecular weight is 469 g/mol. The number of carbonyl (C=O) groups is 3. The van der Waals surface area contributed by atoms with Crippen molar-refractivity contribution in [2.45, 2.75) is 51.2 Å². The highest BCUT2D eigenvalue weighted by Crippen LogP contribution is 2.40. The molecule has 1 atom stereocenters. The van der Waals surface area contributed by atoms with E-state index in [0.29, 0.717) is 30.7 Å². The predicted octanol–water partition coefficient (Wildman–Crippen LogP) is 4.21. The summed E-state index contributed by atoms with van der Waals surface area (Å²) in [5.74, 6) is -0.0310. The molecule has 2 N–H and O–H groups in total. The number of nitrogens with one attached hydrogen (secondary N) is 2. The molecule has 0 spiro atoms. The van der Waals surface area contributed by atoms with Gasteiger partial charge in [-0.1, -0.05) is 60.3 Å². The van der Waals surface area contributed by atoms with E-state index < -0.39 is 11.5 Å². The van der Waals surface area contributed by atoms with Gasteiger partial charge in [0, 0.05) is 31.9 Å². The van der Waals surface area contributed by atoms with E-state index in [2.05, 4.69) is 10.6 Å². The van der Waals surface area contributed by atoms with Crippen LogP contribution in [0.4, 0.5) is 5.69 Å². The number of thioether (sulfide) groups is 1. The van der Waals surface area contributed by atoms with Crippen molar-refractivity contribution in [2.75, 3.05) is 18.2 Å². The van der Waals surface area contributed by atoms with Crippen LogP contribution in [0.25, 0.3) is 0 Å². The van der Waals surface area contributed by atoms with E-state index in [1.165, 1.54) is 18.7 Å². The van der Waals surface area contributed by atoms with Crippen molar-refractivity contribution >= 4 is 34.4 Å². The van der Waals surface area contributed by atoms with Crippen LogP contribution in [0.5, 0.6) is 0 Å². The third-order valence-electron chi connectivity index (χ3n) is 6.20. The first-order valence-electron chi connectivity index (χ1n) is 11.3. The molecule has 3 rings (SSSR count). The molecule has 0 heterocycles. The lowest BCUT2D eigenvalue weighted by molar-refractivity contribution is -0.136. The second-order valence-electron chi connectivity index (χ2n) is 8.57. The number of hydrogen-bond acceptors (Lipinski definition) is 5. The van der Waals surface area contributed by atoms with Crippen LogP contribution in [0.2, 0.25) is 0 Å².